The first-order valence-electron chi connectivity index (χ1n) is 6.32. The molecule has 0 aliphatic carbocycles. The molecule has 1 aliphatic heterocycles. The van der Waals surface area contributed by atoms with Gasteiger partial charge in [-0.15, -0.1) is 0 Å². The molecular weight excluding hydrogens is 258 g/mol. The van der Waals surface area contributed by atoms with E-state index in [0.717, 1.165) is 15.4 Å². The monoisotopic (exact) mass is 275 g/mol. The van der Waals surface area contributed by atoms with Crippen LogP contribution in [0.1, 0.15) is 25.5 Å². The van der Waals surface area contributed by atoms with E-state index in [1.807, 2.05) is 36.9 Å². The summed E-state index contributed by atoms with van der Waals surface area (Å²) in [5.41, 5.74) is 0.752. The predicted octanol–water partition coefficient (Wildman–Crippen LogP) is 1.50. The summed E-state index contributed by atoms with van der Waals surface area (Å²) in [6, 6.07) is 1.51. The molecule has 1 aliphatic rings. The highest BCUT2D eigenvalue weighted by Crippen LogP contribution is 2.18. The largest absolute Gasteiger partial charge is 0.351 e. The summed E-state index contributed by atoms with van der Waals surface area (Å²) in [5.74, 6) is -1.15. The SMILES string of the molecule is CC(C)n1ccc(C=C2C(=O)N(C)C(=O)N(C)C2=O)c1. The number of hydrogen-bond donors (Lipinski definition) is 0. The zero-order valence-corrected chi connectivity index (χ0v) is 12.0. The number of rotatable bonds is 2. The Balaban J connectivity index is 2.38. The predicted molar refractivity (Wildman–Crippen MR) is 73.7 cm³/mol. The van der Waals surface area contributed by atoms with E-state index in [1.54, 1.807) is 0 Å². The fraction of sp³-hybridized carbons (Fsp3) is 0.357. The van der Waals surface area contributed by atoms with Crippen molar-refractivity contribution in [3.05, 3.63) is 29.6 Å². The zero-order valence-electron chi connectivity index (χ0n) is 12.0. The first-order valence-corrected chi connectivity index (χ1v) is 6.32. The van der Waals surface area contributed by atoms with E-state index >= 15 is 0 Å². The van der Waals surface area contributed by atoms with Gasteiger partial charge < -0.3 is 4.57 Å². The van der Waals surface area contributed by atoms with E-state index in [0.29, 0.717) is 6.04 Å². The molecule has 1 aromatic heterocycles. The van der Waals surface area contributed by atoms with Crippen LogP contribution >= 0.6 is 0 Å². The Morgan fingerprint density at radius 1 is 1.05 bits per heavy atom. The number of carbonyl (C=O) groups excluding carboxylic acids is 3. The fourth-order valence-electron chi connectivity index (χ4n) is 1.98. The number of aromatic nitrogens is 1. The lowest BCUT2D eigenvalue weighted by Gasteiger charge is -2.28. The average molecular weight is 275 g/mol. The van der Waals surface area contributed by atoms with Crippen molar-refractivity contribution in [1.82, 2.24) is 14.4 Å². The number of barbiturate groups is 1. The molecule has 4 amide bonds. The highest BCUT2D eigenvalue weighted by Gasteiger charge is 2.37. The molecule has 2 heterocycles. The molecule has 1 aromatic rings. The molecule has 0 atom stereocenters. The lowest BCUT2D eigenvalue weighted by atomic mass is 10.1. The van der Waals surface area contributed by atoms with Crippen LogP contribution in [0.3, 0.4) is 0 Å². The molecule has 1 fully saturated rings. The van der Waals surface area contributed by atoms with E-state index in [1.165, 1.54) is 20.2 Å². The van der Waals surface area contributed by atoms with Crippen LogP contribution in [0.25, 0.3) is 6.08 Å². The van der Waals surface area contributed by atoms with Crippen molar-refractivity contribution in [3.63, 3.8) is 0 Å². The van der Waals surface area contributed by atoms with Gasteiger partial charge in [0.05, 0.1) is 0 Å². The highest BCUT2D eigenvalue weighted by atomic mass is 16.2. The number of imide groups is 2. The number of nitrogens with zero attached hydrogens (tertiary/aromatic N) is 3. The molecule has 0 radical (unpaired) electrons. The van der Waals surface area contributed by atoms with Crippen LogP contribution in [-0.4, -0.2) is 46.3 Å². The smallest absolute Gasteiger partial charge is 0.333 e. The second kappa shape index (κ2) is 4.96. The summed E-state index contributed by atoms with van der Waals surface area (Å²) < 4.78 is 1.97. The summed E-state index contributed by atoms with van der Waals surface area (Å²) in [4.78, 5) is 37.5. The maximum Gasteiger partial charge on any atom is 0.333 e. The quantitative estimate of drug-likeness (QED) is 0.607. The van der Waals surface area contributed by atoms with E-state index in [2.05, 4.69) is 0 Å². The van der Waals surface area contributed by atoms with Crippen molar-refractivity contribution in [2.45, 2.75) is 19.9 Å². The van der Waals surface area contributed by atoms with Crippen LogP contribution in [0.5, 0.6) is 0 Å². The summed E-state index contributed by atoms with van der Waals surface area (Å²) in [7, 11) is 2.72. The van der Waals surface area contributed by atoms with Gasteiger partial charge in [-0.1, -0.05) is 0 Å². The molecule has 6 nitrogen and oxygen atoms in total. The van der Waals surface area contributed by atoms with Crippen LogP contribution in [0.2, 0.25) is 0 Å². The van der Waals surface area contributed by atoms with Crippen LogP contribution in [0.4, 0.5) is 4.79 Å². The molecule has 20 heavy (non-hydrogen) atoms. The van der Waals surface area contributed by atoms with Crippen LogP contribution in [0, 0.1) is 0 Å². The van der Waals surface area contributed by atoms with Gasteiger partial charge in [0.15, 0.2) is 0 Å². The number of urea groups is 1. The van der Waals surface area contributed by atoms with Gasteiger partial charge in [0.1, 0.15) is 5.57 Å². The van der Waals surface area contributed by atoms with Gasteiger partial charge in [0.25, 0.3) is 11.8 Å². The van der Waals surface area contributed by atoms with Crippen molar-refractivity contribution < 1.29 is 14.4 Å². The normalized spacial score (nSPS) is 16.4. The second-order valence-electron chi connectivity index (χ2n) is 5.05. The molecule has 1 saturated heterocycles. The molecule has 0 bridgehead atoms. The maximum absolute atomic E-state index is 12.0. The first kappa shape index (κ1) is 14.0. The number of amides is 4. The van der Waals surface area contributed by atoms with Crippen molar-refractivity contribution in [2.24, 2.45) is 0 Å². The molecule has 6 heteroatoms. The van der Waals surface area contributed by atoms with Crippen molar-refractivity contribution in [2.75, 3.05) is 14.1 Å². The molecule has 0 spiro atoms. The van der Waals surface area contributed by atoms with Gasteiger partial charge in [-0.3, -0.25) is 19.4 Å². The maximum atomic E-state index is 12.0. The fourth-order valence-corrected chi connectivity index (χ4v) is 1.98. The lowest BCUT2D eigenvalue weighted by molar-refractivity contribution is -0.134. The highest BCUT2D eigenvalue weighted by molar-refractivity contribution is 6.30. The van der Waals surface area contributed by atoms with E-state index < -0.39 is 17.8 Å². The van der Waals surface area contributed by atoms with Crippen molar-refractivity contribution in [3.8, 4) is 0 Å². The van der Waals surface area contributed by atoms with Gasteiger partial charge in [-0.05, 0) is 31.6 Å². The number of likely N-dealkylation sites (N-methyl/N-ethyl adjacent to an activating group) is 2. The molecular formula is C14H17N3O3. The minimum atomic E-state index is -0.614. The third kappa shape index (κ3) is 2.24. The lowest BCUT2D eigenvalue weighted by Crippen LogP contribution is -2.52. The Labute approximate surface area is 117 Å². The van der Waals surface area contributed by atoms with E-state index in [-0.39, 0.29) is 5.57 Å². The minimum Gasteiger partial charge on any atom is -0.351 e. The Morgan fingerprint density at radius 2 is 1.60 bits per heavy atom. The Morgan fingerprint density at radius 3 is 2.05 bits per heavy atom. The molecule has 0 N–H and O–H groups in total. The van der Waals surface area contributed by atoms with Crippen molar-refractivity contribution in [1.29, 1.82) is 0 Å². The molecule has 0 unspecified atom stereocenters. The van der Waals surface area contributed by atoms with Crippen LogP contribution in [-0.2, 0) is 9.59 Å². The standard InChI is InChI=1S/C14H17N3O3/c1-9(2)17-6-5-10(8-17)7-11-12(18)15(3)14(20)16(4)13(11)19/h5-9H,1-4H3. The van der Waals surface area contributed by atoms with Crippen LogP contribution < -0.4 is 0 Å². The van der Waals surface area contributed by atoms with Gasteiger partial charge in [-0.25, -0.2) is 4.79 Å². The summed E-state index contributed by atoms with van der Waals surface area (Å²) in [5, 5.41) is 0. The Kier molecular flexibility index (Phi) is 3.48. The topological polar surface area (TPSA) is 62.6 Å². The van der Waals surface area contributed by atoms with Crippen molar-refractivity contribution >= 4 is 23.9 Å². The summed E-state index contributed by atoms with van der Waals surface area (Å²) in [6.07, 6.45) is 5.26. The summed E-state index contributed by atoms with van der Waals surface area (Å²) in [6.45, 7) is 4.07. The Bertz CT molecular complexity index is 587. The molecule has 2 rings (SSSR count). The van der Waals surface area contributed by atoms with Gasteiger partial charge in [-0.2, -0.15) is 0 Å². The van der Waals surface area contributed by atoms with E-state index in [4.69, 9.17) is 0 Å². The Hall–Kier alpha value is -2.37. The number of hydrogen-bond acceptors (Lipinski definition) is 3. The second-order valence-corrected chi connectivity index (χ2v) is 5.05. The molecule has 0 saturated carbocycles. The minimum absolute atomic E-state index is 0.00361. The van der Waals surface area contributed by atoms with Gasteiger partial charge in [0.2, 0.25) is 0 Å². The summed E-state index contributed by atoms with van der Waals surface area (Å²) >= 11 is 0. The zero-order chi connectivity index (χ0) is 15.0. The third-order valence-corrected chi connectivity index (χ3v) is 3.29. The van der Waals surface area contributed by atoms with Gasteiger partial charge >= 0.3 is 6.03 Å². The molecule has 106 valence electrons. The van der Waals surface area contributed by atoms with Crippen LogP contribution in [0.15, 0.2) is 24.0 Å². The average Bonchev–Trinajstić information content (AvgIpc) is 2.88. The number of carbonyl (C=O) groups is 3. The third-order valence-electron chi connectivity index (χ3n) is 3.29. The molecule has 0 aromatic carbocycles. The van der Waals surface area contributed by atoms with E-state index in [9.17, 15) is 14.4 Å². The first-order chi connectivity index (χ1) is 9.32. The van der Waals surface area contributed by atoms with Gasteiger partial charge in [0, 0.05) is 32.5 Å².